The highest BCUT2D eigenvalue weighted by Gasteiger charge is 2.38. The van der Waals surface area contributed by atoms with Crippen molar-refractivity contribution >= 4 is 0 Å². The molecule has 1 saturated heterocycles. The van der Waals surface area contributed by atoms with Crippen molar-refractivity contribution in [1.29, 1.82) is 0 Å². The second-order valence-electron chi connectivity index (χ2n) is 5.32. The van der Waals surface area contributed by atoms with Crippen LogP contribution in [0.1, 0.15) is 11.1 Å². The first-order valence-corrected chi connectivity index (χ1v) is 7.43. The standard InChI is InChI=1S/C18H20O4/c19-18-17(21-12-15-9-5-2-6-10-15)16(13-22-18)20-11-14-7-3-1-4-8-14/h1-10,16-19H,11-13H2/t16-,17-,18-/m1/s1. The van der Waals surface area contributed by atoms with Crippen molar-refractivity contribution in [2.45, 2.75) is 31.7 Å². The smallest absolute Gasteiger partial charge is 0.183 e. The molecular formula is C18H20O4. The van der Waals surface area contributed by atoms with Gasteiger partial charge in [-0.15, -0.1) is 0 Å². The summed E-state index contributed by atoms with van der Waals surface area (Å²) in [6.07, 6.45) is -1.67. The summed E-state index contributed by atoms with van der Waals surface area (Å²) in [5, 5.41) is 9.91. The summed E-state index contributed by atoms with van der Waals surface area (Å²) in [6, 6.07) is 19.8. The third kappa shape index (κ3) is 3.93. The minimum atomic E-state index is -0.940. The Hall–Kier alpha value is -1.72. The molecule has 0 unspecified atom stereocenters. The Balaban J connectivity index is 1.54. The van der Waals surface area contributed by atoms with E-state index in [0.29, 0.717) is 19.8 Å². The molecule has 1 aliphatic rings. The van der Waals surface area contributed by atoms with Gasteiger partial charge in [0.25, 0.3) is 0 Å². The molecule has 1 heterocycles. The Morgan fingerprint density at radius 1 is 0.864 bits per heavy atom. The molecule has 3 rings (SSSR count). The van der Waals surface area contributed by atoms with Crippen LogP contribution >= 0.6 is 0 Å². The van der Waals surface area contributed by atoms with Crippen molar-refractivity contribution < 1.29 is 19.3 Å². The van der Waals surface area contributed by atoms with Gasteiger partial charge in [0.1, 0.15) is 12.2 Å². The van der Waals surface area contributed by atoms with Crippen molar-refractivity contribution in [2.24, 2.45) is 0 Å². The summed E-state index contributed by atoms with van der Waals surface area (Å²) in [5.41, 5.74) is 2.15. The fourth-order valence-electron chi connectivity index (χ4n) is 2.44. The van der Waals surface area contributed by atoms with E-state index < -0.39 is 12.4 Å². The number of aliphatic hydroxyl groups excluding tert-OH is 1. The van der Waals surface area contributed by atoms with Gasteiger partial charge in [0, 0.05) is 0 Å². The Bertz CT molecular complexity index is 558. The minimum absolute atomic E-state index is 0.265. The van der Waals surface area contributed by atoms with E-state index in [1.807, 2.05) is 60.7 Å². The predicted octanol–water partition coefficient (Wildman–Crippen LogP) is 2.51. The maximum atomic E-state index is 9.91. The molecule has 0 spiro atoms. The summed E-state index contributed by atoms with van der Waals surface area (Å²) in [4.78, 5) is 0. The lowest BCUT2D eigenvalue weighted by Crippen LogP contribution is -2.34. The molecule has 22 heavy (non-hydrogen) atoms. The topological polar surface area (TPSA) is 47.9 Å². The van der Waals surface area contributed by atoms with E-state index in [2.05, 4.69) is 0 Å². The first-order valence-electron chi connectivity index (χ1n) is 7.43. The van der Waals surface area contributed by atoms with Crippen LogP contribution in [0.5, 0.6) is 0 Å². The molecule has 0 aromatic heterocycles. The van der Waals surface area contributed by atoms with Crippen LogP contribution in [0.3, 0.4) is 0 Å². The maximum absolute atomic E-state index is 9.91. The molecule has 1 fully saturated rings. The SMILES string of the molecule is O[C@@H]1OC[C@@H](OCc2ccccc2)[C@H]1OCc1ccccc1. The Morgan fingerprint density at radius 2 is 1.41 bits per heavy atom. The summed E-state index contributed by atoms with van der Waals surface area (Å²) in [5.74, 6) is 0. The van der Waals surface area contributed by atoms with Crippen molar-refractivity contribution in [3.63, 3.8) is 0 Å². The molecule has 2 aromatic carbocycles. The highest BCUT2D eigenvalue weighted by atomic mass is 16.7. The number of rotatable bonds is 6. The molecule has 1 N–H and O–H groups in total. The van der Waals surface area contributed by atoms with E-state index in [0.717, 1.165) is 11.1 Å². The van der Waals surface area contributed by atoms with Gasteiger partial charge in [-0.2, -0.15) is 0 Å². The lowest BCUT2D eigenvalue weighted by molar-refractivity contribution is -0.143. The lowest BCUT2D eigenvalue weighted by Gasteiger charge is -2.21. The van der Waals surface area contributed by atoms with E-state index in [1.165, 1.54) is 0 Å². The third-order valence-corrected chi connectivity index (χ3v) is 3.67. The summed E-state index contributed by atoms with van der Waals surface area (Å²) in [6.45, 7) is 1.25. The Kier molecular flexibility index (Phi) is 5.19. The molecule has 0 radical (unpaired) electrons. The van der Waals surface area contributed by atoms with Crippen LogP contribution in [-0.2, 0) is 27.4 Å². The van der Waals surface area contributed by atoms with E-state index in [1.54, 1.807) is 0 Å². The fourth-order valence-corrected chi connectivity index (χ4v) is 2.44. The number of aliphatic hydroxyl groups is 1. The van der Waals surface area contributed by atoms with E-state index in [9.17, 15) is 5.11 Å². The molecule has 0 bridgehead atoms. The average molecular weight is 300 g/mol. The Labute approximate surface area is 130 Å². The van der Waals surface area contributed by atoms with Gasteiger partial charge in [-0.05, 0) is 11.1 Å². The first-order chi connectivity index (χ1) is 10.8. The summed E-state index contributed by atoms with van der Waals surface area (Å²) >= 11 is 0. The van der Waals surface area contributed by atoms with Gasteiger partial charge in [-0.1, -0.05) is 60.7 Å². The summed E-state index contributed by atoms with van der Waals surface area (Å²) in [7, 11) is 0. The molecule has 0 aliphatic carbocycles. The molecule has 116 valence electrons. The van der Waals surface area contributed by atoms with Crippen LogP contribution in [-0.4, -0.2) is 30.2 Å². The number of benzene rings is 2. The zero-order valence-corrected chi connectivity index (χ0v) is 12.3. The van der Waals surface area contributed by atoms with Gasteiger partial charge in [0.2, 0.25) is 0 Å². The first kappa shape index (κ1) is 15.2. The molecular weight excluding hydrogens is 280 g/mol. The quantitative estimate of drug-likeness (QED) is 0.890. The maximum Gasteiger partial charge on any atom is 0.183 e. The third-order valence-electron chi connectivity index (χ3n) is 3.67. The van der Waals surface area contributed by atoms with Crippen molar-refractivity contribution in [3.8, 4) is 0 Å². The molecule has 4 nitrogen and oxygen atoms in total. The van der Waals surface area contributed by atoms with Gasteiger partial charge >= 0.3 is 0 Å². The molecule has 2 aromatic rings. The van der Waals surface area contributed by atoms with Crippen LogP contribution in [0.25, 0.3) is 0 Å². The van der Waals surface area contributed by atoms with E-state index in [-0.39, 0.29) is 6.10 Å². The largest absolute Gasteiger partial charge is 0.368 e. The number of hydrogen-bond donors (Lipinski definition) is 1. The average Bonchev–Trinajstić information content (AvgIpc) is 2.93. The minimum Gasteiger partial charge on any atom is -0.368 e. The molecule has 0 saturated carbocycles. The fraction of sp³-hybridized carbons (Fsp3) is 0.333. The molecule has 3 atom stereocenters. The lowest BCUT2D eigenvalue weighted by atomic mass is 10.2. The monoisotopic (exact) mass is 300 g/mol. The molecule has 4 heteroatoms. The van der Waals surface area contributed by atoms with Crippen molar-refractivity contribution in [1.82, 2.24) is 0 Å². The van der Waals surface area contributed by atoms with Crippen molar-refractivity contribution in [3.05, 3.63) is 71.8 Å². The zero-order chi connectivity index (χ0) is 15.2. The van der Waals surface area contributed by atoms with Gasteiger partial charge in [0.05, 0.1) is 19.8 Å². The van der Waals surface area contributed by atoms with Gasteiger partial charge in [-0.3, -0.25) is 0 Å². The van der Waals surface area contributed by atoms with Crippen molar-refractivity contribution in [2.75, 3.05) is 6.61 Å². The van der Waals surface area contributed by atoms with Crippen LogP contribution in [0.2, 0.25) is 0 Å². The van der Waals surface area contributed by atoms with Gasteiger partial charge in [0.15, 0.2) is 6.29 Å². The van der Waals surface area contributed by atoms with E-state index in [4.69, 9.17) is 14.2 Å². The molecule has 1 aliphatic heterocycles. The zero-order valence-electron chi connectivity index (χ0n) is 12.3. The number of hydrogen-bond acceptors (Lipinski definition) is 4. The highest BCUT2D eigenvalue weighted by molar-refractivity contribution is 5.14. The van der Waals surface area contributed by atoms with Gasteiger partial charge < -0.3 is 19.3 Å². The van der Waals surface area contributed by atoms with E-state index >= 15 is 0 Å². The Morgan fingerprint density at radius 3 is 2.00 bits per heavy atom. The highest BCUT2D eigenvalue weighted by Crippen LogP contribution is 2.21. The second kappa shape index (κ2) is 7.51. The normalized spacial score (nSPS) is 24.5. The second-order valence-corrected chi connectivity index (χ2v) is 5.32. The predicted molar refractivity (Wildman–Crippen MR) is 82.0 cm³/mol. The summed E-state index contributed by atoms with van der Waals surface area (Å²) < 4.78 is 16.9. The van der Waals surface area contributed by atoms with Crippen LogP contribution in [0, 0.1) is 0 Å². The van der Waals surface area contributed by atoms with Crippen LogP contribution in [0.15, 0.2) is 60.7 Å². The van der Waals surface area contributed by atoms with Crippen LogP contribution < -0.4 is 0 Å². The number of ether oxygens (including phenoxy) is 3. The van der Waals surface area contributed by atoms with Gasteiger partial charge in [-0.25, -0.2) is 0 Å². The van der Waals surface area contributed by atoms with Crippen LogP contribution in [0.4, 0.5) is 0 Å². The molecule has 0 amide bonds.